The molecule has 1 aliphatic carbocycles. The second kappa shape index (κ2) is 7.63. The van der Waals surface area contributed by atoms with Gasteiger partial charge >= 0.3 is 6.18 Å². The zero-order valence-corrected chi connectivity index (χ0v) is 17.7. The van der Waals surface area contributed by atoms with Gasteiger partial charge in [-0.1, -0.05) is 0 Å². The number of benzene rings is 2. The standard InChI is InChI=1S/C22H20F3N3O3S/c23-22(24,25)14-3-7-16(8-4-14)31-20-10-9-17(32(29,30)27-15-5-6-15)12-18(20)19-13-28-11-1-2-21(28)26-19/h3-4,7-10,12-13,15,27H,1-2,5-6,11H2. The molecule has 1 aliphatic heterocycles. The fraction of sp³-hybridized carbons (Fsp3) is 0.318. The maximum Gasteiger partial charge on any atom is 0.416 e. The molecule has 3 aromatic rings. The van der Waals surface area contributed by atoms with E-state index in [0.29, 0.717) is 17.0 Å². The number of nitrogens with one attached hydrogen (secondary N) is 1. The molecule has 1 fully saturated rings. The van der Waals surface area contributed by atoms with Crippen molar-refractivity contribution >= 4 is 10.0 Å². The zero-order chi connectivity index (χ0) is 22.5. The van der Waals surface area contributed by atoms with Gasteiger partial charge in [0.2, 0.25) is 10.0 Å². The molecule has 0 atom stereocenters. The number of alkyl halides is 3. The van der Waals surface area contributed by atoms with E-state index < -0.39 is 21.8 Å². The smallest absolute Gasteiger partial charge is 0.416 e. The Kier molecular flexibility index (Phi) is 5.01. The van der Waals surface area contributed by atoms with Crippen LogP contribution in [0.3, 0.4) is 0 Å². The van der Waals surface area contributed by atoms with Gasteiger partial charge in [-0.25, -0.2) is 18.1 Å². The van der Waals surface area contributed by atoms with E-state index in [2.05, 4.69) is 9.71 Å². The summed E-state index contributed by atoms with van der Waals surface area (Å²) in [5, 5.41) is 0. The monoisotopic (exact) mass is 463 g/mol. The molecule has 0 spiro atoms. The van der Waals surface area contributed by atoms with Crippen LogP contribution in [-0.4, -0.2) is 24.0 Å². The molecule has 1 saturated carbocycles. The number of halogens is 3. The van der Waals surface area contributed by atoms with E-state index in [9.17, 15) is 21.6 Å². The van der Waals surface area contributed by atoms with E-state index >= 15 is 0 Å². The summed E-state index contributed by atoms with van der Waals surface area (Å²) in [5.41, 5.74) is 0.249. The first kappa shape index (κ1) is 21.0. The van der Waals surface area contributed by atoms with Gasteiger partial charge in [-0.05, 0) is 61.7 Å². The SMILES string of the molecule is O=S(=O)(NC1CC1)c1ccc(Oc2ccc(C(F)(F)F)cc2)c(-c2cn3c(n2)CCC3)c1. The van der Waals surface area contributed by atoms with Gasteiger partial charge in [0.05, 0.1) is 16.2 Å². The van der Waals surface area contributed by atoms with Crippen LogP contribution in [-0.2, 0) is 29.2 Å². The van der Waals surface area contributed by atoms with Crippen molar-refractivity contribution in [1.29, 1.82) is 0 Å². The Morgan fingerprint density at radius 3 is 2.50 bits per heavy atom. The third-order valence-corrected chi connectivity index (χ3v) is 7.02. The fourth-order valence-corrected chi connectivity index (χ4v) is 5.01. The first-order valence-corrected chi connectivity index (χ1v) is 11.8. The first-order valence-electron chi connectivity index (χ1n) is 10.3. The molecule has 168 valence electrons. The molecule has 0 radical (unpaired) electrons. The number of aryl methyl sites for hydroxylation is 2. The lowest BCUT2D eigenvalue weighted by atomic mass is 10.1. The number of aromatic nitrogens is 2. The lowest BCUT2D eigenvalue weighted by Crippen LogP contribution is -2.25. The van der Waals surface area contributed by atoms with E-state index in [1.165, 1.54) is 30.3 Å². The number of imidazole rings is 1. The Morgan fingerprint density at radius 2 is 1.84 bits per heavy atom. The predicted molar refractivity (Wildman–Crippen MR) is 111 cm³/mol. The summed E-state index contributed by atoms with van der Waals surface area (Å²) in [7, 11) is -3.70. The van der Waals surface area contributed by atoms with Gasteiger partial charge in [0.15, 0.2) is 0 Å². The van der Waals surface area contributed by atoms with Crippen LogP contribution < -0.4 is 9.46 Å². The number of hydrogen-bond acceptors (Lipinski definition) is 4. The van der Waals surface area contributed by atoms with Crippen molar-refractivity contribution in [2.24, 2.45) is 0 Å². The van der Waals surface area contributed by atoms with Crippen molar-refractivity contribution in [3.05, 3.63) is 60.0 Å². The zero-order valence-electron chi connectivity index (χ0n) is 16.9. The highest BCUT2D eigenvalue weighted by molar-refractivity contribution is 7.89. The van der Waals surface area contributed by atoms with Crippen LogP contribution in [0.2, 0.25) is 0 Å². The van der Waals surface area contributed by atoms with Gasteiger partial charge in [0.25, 0.3) is 0 Å². The molecule has 5 rings (SSSR count). The van der Waals surface area contributed by atoms with Crippen LogP contribution in [0.15, 0.2) is 53.6 Å². The molecule has 0 bridgehead atoms. The maximum atomic E-state index is 12.8. The summed E-state index contributed by atoms with van der Waals surface area (Å²) in [6, 6.07) is 8.76. The van der Waals surface area contributed by atoms with Crippen molar-refractivity contribution < 1.29 is 26.3 Å². The normalized spacial score (nSPS) is 16.2. The fourth-order valence-electron chi connectivity index (χ4n) is 3.68. The topological polar surface area (TPSA) is 73.2 Å². The largest absolute Gasteiger partial charge is 0.457 e. The molecule has 1 aromatic heterocycles. The first-order chi connectivity index (χ1) is 15.2. The van der Waals surface area contributed by atoms with Crippen LogP contribution in [0.25, 0.3) is 11.3 Å². The molecule has 2 aliphatic rings. The Balaban J connectivity index is 1.52. The van der Waals surface area contributed by atoms with E-state index in [1.54, 1.807) is 0 Å². The van der Waals surface area contributed by atoms with Crippen LogP contribution >= 0.6 is 0 Å². The molecule has 2 heterocycles. The van der Waals surface area contributed by atoms with E-state index in [-0.39, 0.29) is 16.7 Å². The van der Waals surface area contributed by atoms with Gasteiger partial charge < -0.3 is 9.30 Å². The van der Waals surface area contributed by atoms with Crippen molar-refractivity contribution in [2.45, 2.75) is 49.3 Å². The second-order valence-corrected chi connectivity index (χ2v) is 9.73. The molecule has 32 heavy (non-hydrogen) atoms. The highest BCUT2D eigenvalue weighted by atomic mass is 32.2. The van der Waals surface area contributed by atoms with E-state index in [0.717, 1.165) is 50.2 Å². The minimum Gasteiger partial charge on any atom is -0.457 e. The minimum atomic E-state index is -4.44. The predicted octanol–water partition coefficient (Wildman–Crippen LogP) is 4.75. The Morgan fingerprint density at radius 1 is 1.09 bits per heavy atom. The van der Waals surface area contributed by atoms with Crippen LogP contribution in [0.1, 0.15) is 30.7 Å². The Hall–Kier alpha value is -2.85. The highest BCUT2D eigenvalue weighted by Crippen LogP contribution is 2.37. The summed E-state index contributed by atoms with van der Waals surface area (Å²) in [6.07, 6.45) is 0.866. The van der Waals surface area contributed by atoms with Crippen molar-refractivity contribution in [1.82, 2.24) is 14.3 Å². The number of ether oxygens (including phenoxy) is 1. The maximum absolute atomic E-state index is 12.8. The highest BCUT2D eigenvalue weighted by Gasteiger charge is 2.31. The molecule has 0 saturated heterocycles. The Bertz CT molecular complexity index is 1240. The molecule has 6 nitrogen and oxygen atoms in total. The lowest BCUT2D eigenvalue weighted by Gasteiger charge is -2.13. The van der Waals surface area contributed by atoms with Crippen LogP contribution in [0.4, 0.5) is 13.2 Å². The number of nitrogens with zero attached hydrogens (tertiary/aromatic N) is 2. The van der Waals surface area contributed by atoms with Crippen LogP contribution in [0, 0.1) is 0 Å². The molecule has 2 aromatic carbocycles. The molecule has 0 unspecified atom stereocenters. The Labute approximate surface area is 183 Å². The van der Waals surface area contributed by atoms with Crippen LogP contribution in [0.5, 0.6) is 11.5 Å². The number of hydrogen-bond donors (Lipinski definition) is 1. The summed E-state index contributed by atoms with van der Waals surface area (Å²) >= 11 is 0. The molecule has 1 N–H and O–H groups in total. The van der Waals surface area contributed by atoms with Crippen molar-refractivity contribution in [3.8, 4) is 22.8 Å². The van der Waals surface area contributed by atoms with Gasteiger partial charge in [0.1, 0.15) is 17.3 Å². The van der Waals surface area contributed by atoms with Crippen molar-refractivity contribution in [2.75, 3.05) is 0 Å². The molecule has 0 amide bonds. The van der Waals surface area contributed by atoms with Crippen molar-refractivity contribution in [3.63, 3.8) is 0 Å². The van der Waals surface area contributed by atoms with Gasteiger partial charge in [0, 0.05) is 30.8 Å². The summed E-state index contributed by atoms with van der Waals surface area (Å²) in [6.45, 7) is 0.832. The summed E-state index contributed by atoms with van der Waals surface area (Å²) in [4.78, 5) is 4.72. The van der Waals surface area contributed by atoms with Gasteiger partial charge in [-0.3, -0.25) is 0 Å². The molecular weight excluding hydrogens is 443 g/mol. The molecular formula is C22H20F3N3O3S. The number of fused-ring (bicyclic) bond motifs is 1. The van der Waals surface area contributed by atoms with E-state index in [1.807, 2.05) is 10.8 Å². The van der Waals surface area contributed by atoms with Gasteiger partial charge in [-0.15, -0.1) is 0 Å². The average Bonchev–Trinajstić information content (AvgIpc) is 3.27. The third-order valence-electron chi connectivity index (χ3n) is 5.50. The minimum absolute atomic E-state index is 0.0390. The molecule has 10 heteroatoms. The van der Waals surface area contributed by atoms with Gasteiger partial charge in [-0.2, -0.15) is 13.2 Å². The second-order valence-electron chi connectivity index (χ2n) is 8.02. The number of sulfonamides is 1. The van der Waals surface area contributed by atoms with E-state index in [4.69, 9.17) is 4.74 Å². The third kappa shape index (κ3) is 4.24. The quantitative estimate of drug-likeness (QED) is 0.573. The lowest BCUT2D eigenvalue weighted by molar-refractivity contribution is -0.137. The summed E-state index contributed by atoms with van der Waals surface area (Å²) < 4.78 is 74.5. The summed E-state index contributed by atoms with van der Waals surface area (Å²) in [5.74, 6) is 1.43. The number of rotatable bonds is 6. The average molecular weight is 463 g/mol.